The molecule has 28 heavy (non-hydrogen) atoms. The minimum atomic E-state index is -0.379. The molecule has 1 saturated heterocycles. The van der Waals surface area contributed by atoms with Crippen molar-refractivity contribution in [2.24, 2.45) is 23.5 Å². The standard InChI is InChI=1S/C20H28ClN5O2/c1-12-8-17(27)15(9-16(12)21)19(22)13-4-6-25(7-5-13)20(28)14-2-3-18-24-23-11-26(18)10-14/h2-3,10-13,15-17,19,27H,4-9,22H2,1H3/t12?,15?,16?,17?,19-/m1/s1. The van der Waals surface area contributed by atoms with E-state index in [1.165, 1.54) is 0 Å². The molecule has 2 aromatic heterocycles. The summed E-state index contributed by atoms with van der Waals surface area (Å²) < 4.78 is 1.75. The summed E-state index contributed by atoms with van der Waals surface area (Å²) >= 11 is 6.45. The summed E-state index contributed by atoms with van der Waals surface area (Å²) in [5.74, 6) is 0.695. The Balaban J connectivity index is 1.36. The van der Waals surface area contributed by atoms with Gasteiger partial charge in [0.1, 0.15) is 6.33 Å². The lowest BCUT2D eigenvalue weighted by molar-refractivity contribution is 0.0184. The van der Waals surface area contributed by atoms with Gasteiger partial charge in [0, 0.05) is 36.6 Å². The highest BCUT2D eigenvalue weighted by Crippen LogP contribution is 2.37. The molecular formula is C20H28ClN5O2. The molecule has 0 aromatic carbocycles. The molecule has 3 N–H and O–H groups in total. The van der Waals surface area contributed by atoms with Crippen LogP contribution in [0.25, 0.3) is 5.65 Å². The molecule has 0 radical (unpaired) electrons. The van der Waals surface area contributed by atoms with E-state index in [1.807, 2.05) is 4.90 Å². The fourth-order valence-electron chi connectivity index (χ4n) is 4.74. The van der Waals surface area contributed by atoms with Gasteiger partial charge in [-0.15, -0.1) is 21.8 Å². The van der Waals surface area contributed by atoms with Gasteiger partial charge in [-0.3, -0.25) is 9.20 Å². The summed E-state index contributed by atoms with van der Waals surface area (Å²) in [5, 5.41) is 18.4. The number of hydrogen-bond donors (Lipinski definition) is 2. The van der Waals surface area contributed by atoms with E-state index in [4.69, 9.17) is 17.3 Å². The van der Waals surface area contributed by atoms with E-state index in [9.17, 15) is 9.90 Å². The quantitative estimate of drug-likeness (QED) is 0.760. The zero-order chi connectivity index (χ0) is 19.8. The molecule has 152 valence electrons. The largest absolute Gasteiger partial charge is 0.393 e. The van der Waals surface area contributed by atoms with Gasteiger partial charge in [-0.25, -0.2) is 0 Å². The molecule has 2 aliphatic rings. The average molecular weight is 406 g/mol. The second kappa shape index (κ2) is 7.97. The first-order valence-electron chi connectivity index (χ1n) is 10.1. The van der Waals surface area contributed by atoms with Gasteiger partial charge >= 0.3 is 0 Å². The summed E-state index contributed by atoms with van der Waals surface area (Å²) in [4.78, 5) is 14.7. The number of aliphatic hydroxyl groups excluding tert-OH is 1. The van der Waals surface area contributed by atoms with Crippen LogP contribution in [0.1, 0.15) is 43.0 Å². The molecule has 7 nitrogen and oxygen atoms in total. The molecule has 3 heterocycles. The van der Waals surface area contributed by atoms with Gasteiger partial charge < -0.3 is 15.7 Å². The number of nitrogens with zero attached hydrogens (tertiary/aromatic N) is 4. The Hall–Kier alpha value is -1.70. The number of carbonyl (C=O) groups is 1. The number of pyridine rings is 1. The first-order chi connectivity index (χ1) is 13.4. The molecule has 2 fully saturated rings. The highest BCUT2D eigenvalue weighted by Gasteiger charge is 2.40. The number of aliphatic hydroxyl groups is 1. The maximum Gasteiger partial charge on any atom is 0.255 e. The summed E-state index contributed by atoms with van der Waals surface area (Å²) in [6.07, 6.45) is 6.18. The highest BCUT2D eigenvalue weighted by atomic mass is 35.5. The highest BCUT2D eigenvalue weighted by molar-refractivity contribution is 6.20. The summed E-state index contributed by atoms with van der Waals surface area (Å²) in [5.41, 5.74) is 7.92. The van der Waals surface area contributed by atoms with Crippen molar-refractivity contribution >= 4 is 23.2 Å². The molecule has 0 spiro atoms. The summed E-state index contributed by atoms with van der Waals surface area (Å²) in [6.45, 7) is 3.45. The minimum Gasteiger partial charge on any atom is -0.393 e. The van der Waals surface area contributed by atoms with Crippen LogP contribution in [0.5, 0.6) is 0 Å². The van der Waals surface area contributed by atoms with Crippen LogP contribution in [0.4, 0.5) is 0 Å². The van der Waals surface area contributed by atoms with Crippen molar-refractivity contribution in [3.8, 4) is 0 Å². The van der Waals surface area contributed by atoms with Crippen LogP contribution in [0, 0.1) is 17.8 Å². The van der Waals surface area contributed by atoms with E-state index < -0.39 is 0 Å². The van der Waals surface area contributed by atoms with Crippen LogP contribution < -0.4 is 5.73 Å². The maximum absolute atomic E-state index is 12.9. The lowest BCUT2D eigenvalue weighted by atomic mass is 9.72. The maximum atomic E-state index is 12.9. The van der Waals surface area contributed by atoms with E-state index in [-0.39, 0.29) is 29.3 Å². The smallest absolute Gasteiger partial charge is 0.255 e. The monoisotopic (exact) mass is 405 g/mol. The predicted octanol–water partition coefficient (Wildman–Crippen LogP) is 1.92. The van der Waals surface area contributed by atoms with E-state index >= 15 is 0 Å². The zero-order valence-corrected chi connectivity index (χ0v) is 16.9. The third-order valence-electron chi connectivity index (χ3n) is 6.63. The number of piperidine rings is 1. The molecule has 4 rings (SSSR count). The fraction of sp³-hybridized carbons (Fsp3) is 0.650. The summed E-state index contributed by atoms with van der Waals surface area (Å²) in [7, 11) is 0. The average Bonchev–Trinajstić information content (AvgIpc) is 3.17. The van der Waals surface area contributed by atoms with Crippen LogP contribution in [-0.2, 0) is 0 Å². The molecule has 8 heteroatoms. The Kier molecular flexibility index (Phi) is 5.58. The number of rotatable bonds is 3. The molecule has 1 aliphatic heterocycles. The first-order valence-corrected chi connectivity index (χ1v) is 10.5. The van der Waals surface area contributed by atoms with Gasteiger partial charge in [0.15, 0.2) is 5.65 Å². The number of hydrogen-bond acceptors (Lipinski definition) is 5. The van der Waals surface area contributed by atoms with Crippen molar-refractivity contribution in [2.75, 3.05) is 13.1 Å². The molecule has 4 unspecified atom stereocenters. The Labute approximate surface area is 169 Å². The number of halogens is 1. The molecule has 5 atom stereocenters. The van der Waals surface area contributed by atoms with Gasteiger partial charge in [0.05, 0.1) is 11.7 Å². The van der Waals surface area contributed by atoms with Crippen LogP contribution >= 0.6 is 11.6 Å². The predicted molar refractivity (Wildman–Crippen MR) is 107 cm³/mol. The van der Waals surface area contributed by atoms with Crippen LogP contribution in [0.2, 0.25) is 0 Å². The molecule has 1 amide bonds. The van der Waals surface area contributed by atoms with Crippen molar-refractivity contribution in [1.29, 1.82) is 0 Å². The minimum absolute atomic E-state index is 0.0231. The number of nitrogens with two attached hydrogens (primary N) is 1. The molecule has 0 bridgehead atoms. The van der Waals surface area contributed by atoms with Crippen molar-refractivity contribution < 1.29 is 9.90 Å². The topological polar surface area (TPSA) is 96.8 Å². The van der Waals surface area contributed by atoms with Crippen LogP contribution in [-0.4, -0.2) is 61.1 Å². The molecule has 2 aromatic rings. The molecule has 1 saturated carbocycles. The van der Waals surface area contributed by atoms with Crippen molar-refractivity contribution in [2.45, 2.75) is 50.1 Å². The normalized spacial score (nSPS) is 30.5. The Bertz CT molecular complexity index is 835. The molecule has 1 aliphatic carbocycles. The lowest BCUT2D eigenvalue weighted by Gasteiger charge is -2.43. The molecular weight excluding hydrogens is 378 g/mol. The third kappa shape index (κ3) is 3.75. The van der Waals surface area contributed by atoms with Gasteiger partial charge in [0.2, 0.25) is 0 Å². The van der Waals surface area contributed by atoms with Crippen LogP contribution in [0.3, 0.4) is 0 Å². The number of likely N-dealkylation sites (tertiary alicyclic amines) is 1. The number of aromatic nitrogens is 3. The fourth-order valence-corrected chi connectivity index (χ4v) is 5.05. The first kappa shape index (κ1) is 19.6. The Morgan fingerprint density at radius 2 is 2.07 bits per heavy atom. The van der Waals surface area contributed by atoms with E-state index in [0.29, 0.717) is 30.5 Å². The van der Waals surface area contributed by atoms with Crippen molar-refractivity contribution in [3.63, 3.8) is 0 Å². The lowest BCUT2D eigenvalue weighted by Crippen LogP contribution is -2.51. The SMILES string of the molecule is CC1CC(O)C([C@H](N)C2CCN(C(=O)c3ccc4nncn4c3)CC2)CC1Cl. The van der Waals surface area contributed by atoms with Gasteiger partial charge in [-0.05, 0) is 49.7 Å². The number of amides is 1. The van der Waals surface area contributed by atoms with Crippen LogP contribution in [0.15, 0.2) is 24.7 Å². The van der Waals surface area contributed by atoms with Gasteiger partial charge in [-0.1, -0.05) is 6.92 Å². The second-order valence-electron chi connectivity index (χ2n) is 8.42. The van der Waals surface area contributed by atoms with E-state index in [0.717, 1.165) is 31.3 Å². The van der Waals surface area contributed by atoms with Crippen molar-refractivity contribution in [1.82, 2.24) is 19.5 Å². The third-order valence-corrected chi connectivity index (χ3v) is 7.23. The van der Waals surface area contributed by atoms with Crippen molar-refractivity contribution in [3.05, 3.63) is 30.2 Å². The van der Waals surface area contributed by atoms with Gasteiger partial charge in [-0.2, -0.15) is 0 Å². The summed E-state index contributed by atoms with van der Waals surface area (Å²) in [6, 6.07) is 3.52. The van der Waals surface area contributed by atoms with E-state index in [2.05, 4.69) is 17.1 Å². The zero-order valence-electron chi connectivity index (χ0n) is 16.1. The number of fused-ring (bicyclic) bond motifs is 1. The Morgan fingerprint density at radius 3 is 2.82 bits per heavy atom. The Morgan fingerprint density at radius 1 is 1.32 bits per heavy atom. The van der Waals surface area contributed by atoms with E-state index in [1.54, 1.807) is 29.1 Å². The van der Waals surface area contributed by atoms with Gasteiger partial charge in [0.25, 0.3) is 5.91 Å². The number of alkyl halides is 1. The number of carbonyl (C=O) groups excluding carboxylic acids is 1. The second-order valence-corrected chi connectivity index (χ2v) is 8.98.